The molecule has 6 heteroatoms. The topological polar surface area (TPSA) is 74.0 Å². The SMILES string of the molecule is CCNCc1cc(S(=O)(=O)NC2CCCCC2(C)C)c[nH]1. The van der Waals surface area contributed by atoms with Crippen LogP contribution in [0.1, 0.15) is 52.1 Å². The fourth-order valence-electron chi connectivity index (χ4n) is 2.90. The summed E-state index contributed by atoms with van der Waals surface area (Å²) in [5.74, 6) is 0. The van der Waals surface area contributed by atoms with Crippen LogP contribution in [0.2, 0.25) is 0 Å². The van der Waals surface area contributed by atoms with Gasteiger partial charge in [-0.1, -0.05) is 33.6 Å². The summed E-state index contributed by atoms with van der Waals surface area (Å²) >= 11 is 0. The van der Waals surface area contributed by atoms with Gasteiger partial charge in [-0.3, -0.25) is 0 Å². The maximum atomic E-state index is 12.5. The van der Waals surface area contributed by atoms with Crippen molar-refractivity contribution in [2.24, 2.45) is 5.41 Å². The Bertz CT molecular complexity index is 563. The van der Waals surface area contributed by atoms with E-state index in [0.29, 0.717) is 11.4 Å². The number of aromatic nitrogens is 1. The van der Waals surface area contributed by atoms with Crippen LogP contribution >= 0.6 is 0 Å². The second kappa shape index (κ2) is 6.50. The van der Waals surface area contributed by atoms with Gasteiger partial charge in [-0.25, -0.2) is 13.1 Å². The normalized spacial score (nSPS) is 22.3. The number of hydrogen-bond acceptors (Lipinski definition) is 3. The van der Waals surface area contributed by atoms with Crippen molar-refractivity contribution in [3.8, 4) is 0 Å². The minimum atomic E-state index is -3.44. The van der Waals surface area contributed by atoms with Gasteiger partial charge in [-0.05, 0) is 30.9 Å². The molecule has 0 radical (unpaired) electrons. The van der Waals surface area contributed by atoms with E-state index in [1.807, 2.05) is 6.92 Å². The number of H-pyrrole nitrogens is 1. The van der Waals surface area contributed by atoms with E-state index >= 15 is 0 Å². The minimum absolute atomic E-state index is 0.0170. The third-order valence-corrected chi connectivity index (χ3v) is 5.85. The predicted octanol–water partition coefficient (Wildman–Crippen LogP) is 2.37. The van der Waals surface area contributed by atoms with Gasteiger partial charge < -0.3 is 10.3 Å². The molecule has 0 aromatic carbocycles. The van der Waals surface area contributed by atoms with Gasteiger partial charge >= 0.3 is 0 Å². The van der Waals surface area contributed by atoms with E-state index in [-0.39, 0.29) is 11.5 Å². The summed E-state index contributed by atoms with van der Waals surface area (Å²) in [5, 5.41) is 3.18. The Morgan fingerprint density at radius 3 is 2.81 bits per heavy atom. The Balaban J connectivity index is 2.09. The van der Waals surface area contributed by atoms with Crippen molar-refractivity contribution in [1.82, 2.24) is 15.0 Å². The molecule has 0 spiro atoms. The highest BCUT2D eigenvalue weighted by Gasteiger charge is 2.35. The molecule has 2 rings (SSSR count). The van der Waals surface area contributed by atoms with Gasteiger partial charge in [0, 0.05) is 24.5 Å². The average molecular weight is 313 g/mol. The second-order valence-electron chi connectivity index (χ2n) is 6.55. The van der Waals surface area contributed by atoms with Crippen LogP contribution in [0, 0.1) is 5.41 Å². The van der Waals surface area contributed by atoms with E-state index < -0.39 is 10.0 Å². The lowest BCUT2D eigenvalue weighted by Gasteiger charge is -2.38. The van der Waals surface area contributed by atoms with Crippen LogP contribution in [0.4, 0.5) is 0 Å². The van der Waals surface area contributed by atoms with Crippen molar-refractivity contribution in [3.63, 3.8) is 0 Å². The van der Waals surface area contributed by atoms with Crippen molar-refractivity contribution in [3.05, 3.63) is 18.0 Å². The molecule has 1 aliphatic rings. The monoisotopic (exact) mass is 313 g/mol. The van der Waals surface area contributed by atoms with E-state index in [1.54, 1.807) is 12.3 Å². The Kier molecular flexibility index (Phi) is 5.11. The molecule has 1 heterocycles. The maximum absolute atomic E-state index is 12.5. The fourth-order valence-corrected chi connectivity index (χ4v) is 4.36. The van der Waals surface area contributed by atoms with E-state index in [9.17, 15) is 8.42 Å². The lowest BCUT2D eigenvalue weighted by molar-refractivity contribution is 0.188. The van der Waals surface area contributed by atoms with Crippen LogP contribution in [-0.2, 0) is 16.6 Å². The number of sulfonamides is 1. The molecule has 0 aliphatic heterocycles. The van der Waals surface area contributed by atoms with Gasteiger partial charge in [-0.15, -0.1) is 0 Å². The van der Waals surface area contributed by atoms with Crippen LogP contribution < -0.4 is 10.0 Å². The Labute approximate surface area is 128 Å². The Hall–Kier alpha value is -0.850. The molecule has 0 bridgehead atoms. The van der Waals surface area contributed by atoms with Gasteiger partial charge in [0.25, 0.3) is 0 Å². The van der Waals surface area contributed by atoms with Crippen molar-refractivity contribution >= 4 is 10.0 Å². The summed E-state index contributed by atoms with van der Waals surface area (Å²) in [6, 6.07) is 1.73. The molecule has 0 amide bonds. The van der Waals surface area contributed by atoms with E-state index in [2.05, 4.69) is 28.9 Å². The number of aromatic amines is 1. The third kappa shape index (κ3) is 4.08. The predicted molar refractivity (Wildman–Crippen MR) is 84.5 cm³/mol. The molecule has 0 saturated heterocycles. The molecule has 1 fully saturated rings. The molecule has 1 atom stereocenters. The number of rotatable bonds is 6. The van der Waals surface area contributed by atoms with Crippen LogP contribution in [0.5, 0.6) is 0 Å². The third-order valence-electron chi connectivity index (χ3n) is 4.40. The average Bonchev–Trinajstić information content (AvgIpc) is 2.88. The van der Waals surface area contributed by atoms with Crippen molar-refractivity contribution in [2.45, 2.75) is 63.9 Å². The second-order valence-corrected chi connectivity index (χ2v) is 8.26. The molecule has 1 saturated carbocycles. The van der Waals surface area contributed by atoms with Gasteiger partial charge in [0.15, 0.2) is 0 Å². The molecule has 1 unspecified atom stereocenters. The zero-order valence-electron chi connectivity index (χ0n) is 13.2. The minimum Gasteiger partial charge on any atom is -0.363 e. The maximum Gasteiger partial charge on any atom is 0.242 e. The lowest BCUT2D eigenvalue weighted by atomic mass is 9.74. The summed E-state index contributed by atoms with van der Waals surface area (Å²) in [5.41, 5.74) is 0.911. The molecule has 1 aromatic heterocycles. The first-order valence-electron chi connectivity index (χ1n) is 7.75. The quantitative estimate of drug-likeness (QED) is 0.755. The Morgan fingerprint density at radius 2 is 2.14 bits per heavy atom. The highest BCUT2D eigenvalue weighted by atomic mass is 32.2. The zero-order chi connectivity index (χ0) is 15.5. The van der Waals surface area contributed by atoms with Crippen LogP contribution in [0.15, 0.2) is 17.2 Å². The first-order chi connectivity index (χ1) is 9.85. The molecular formula is C15H27N3O2S. The van der Waals surface area contributed by atoms with Gasteiger partial charge in [0.05, 0.1) is 4.90 Å². The number of hydrogen-bond donors (Lipinski definition) is 3. The Morgan fingerprint density at radius 1 is 1.38 bits per heavy atom. The van der Waals surface area contributed by atoms with Crippen molar-refractivity contribution in [1.29, 1.82) is 0 Å². The van der Waals surface area contributed by atoms with Crippen LogP contribution in [-0.4, -0.2) is 26.0 Å². The van der Waals surface area contributed by atoms with Gasteiger partial charge in [0.2, 0.25) is 10.0 Å². The molecule has 120 valence electrons. The largest absolute Gasteiger partial charge is 0.363 e. The molecule has 1 aromatic rings. The molecular weight excluding hydrogens is 286 g/mol. The summed E-state index contributed by atoms with van der Waals surface area (Å²) in [6.07, 6.45) is 5.84. The van der Waals surface area contributed by atoms with E-state index in [1.165, 1.54) is 6.42 Å². The van der Waals surface area contributed by atoms with Crippen LogP contribution in [0.3, 0.4) is 0 Å². The summed E-state index contributed by atoms with van der Waals surface area (Å²) in [4.78, 5) is 3.35. The zero-order valence-corrected chi connectivity index (χ0v) is 14.0. The number of nitrogens with one attached hydrogen (secondary N) is 3. The van der Waals surface area contributed by atoms with E-state index in [0.717, 1.165) is 31.5 Å². The smallest absolute Gasteiger partial charge is 0.242 e. The van der Waals surface area contributed by atoms with Gasteiger partial charge in [0.1, 0.15) is 0 Å². The lowest BCUT2D eigenvalue weighted by Crippen LogP contribution is -2.46. The van der Waals surface area contributed by atoms with E-state index in [4.69, 9.17) is 0 Å². The molecule has 5 nitrogen and oxygen atoms in total. The molecule has 1 aliphatic carbocycles. The summed E-state index contributed by atoms with van der Waals surface area (Å²) in [6.45, 7) is 7.82. The van der Waals surface area contributed by atoms with Crippen molar-refractivity contribution in [2.75, 3.05) is 6.54 Å². The van der Waals surface area contributed by atoms with Gasteiger partial charge in [-0.2, -0.15) is 0 Å². The highest BCUT2D eigenvalue weighted by molar-refractivity contribution is 7.89. The van der Waals surface area contributed by atoms with Crippen molar-refractivity contribution < 1.29 is 8.42 Å². The standard InChI is InChI=1S/C15H27N3O2S/c1-4-16-10-12-9-13(11-17-12)21(19,20)18-14-7-5-6-8-15(14,2)3/h9,11,14,16-18H,4-8,10H2,1-3H3. The molecule has 21 heavy (non-hydrogen) atoms. The highest BCUT2D eigenvalue weighted by Crippen LogP contribution is 2.36. The fraction of sp³-hybridized carbons (Fsp3) is 0.733. The first kappa shape index (κ1) is 16.5. The summed E-state index contributed by atoms with van der Waals surface area (Å²) in [7, 11) is -3.44. The first-order valence-corrected chi connectivity index (χ1v) is 9.24. The molecule has 3 N–H and O–H groups in total. The van der Waals surface area contributed by atoms with Crippen LogP contribution in [0.25, 0.3) is 0 Å². The summed E-state index contributed by atoms with van der Waals surface area (Å²) < 4.78 is 28.0.